The van der Waals surface area contributed by atoms with Gasteiger partial charge in [-0.15, -0.1) is 0 Å². The van der Waals surface area contributed by atoms with Crippen molar-refractivity contribution in [3.63, 3.8) is 0 Å². The van der Waals surface area contributed by atoms with E-state index in [0.717, 1.165) is 31.4 Å². The molecule has 0 bridgehead atoms. The maximum atomic E-state index is 12.9. The Morgan fingerprint density at radius 2 is 1.77 bits per heavy atom. The second-order valence-electron chi connectivity index (χ2n) is 6.86. The fourth-order valence-electron chi connectivity index (χ4n) is 3.66. The number of benzene rings is 2. The number of halogens is 1. The van der Waals surface area contributed by atoms with E-state index < -0.39 is 0 Å². The molecule has 0 heterocycles. The highest BCUT2D eigenvalue weighted by Crippen LogP contribution is 2.37. The maximum absolute atomic E-state index is 12.9. The van der Waals surface area contributed by atoms with Gasteiger partial charge >= 0.3 is 0 Å². The van der Waals surface area contributed by atoms with Gasteiger partial charge in [0.15, 0.2) is 0 Å². The summed E-state index contributed by atoms with van der Waals surface area (Å²) >= 11 is 0. The summed E-state index contributed by atoms with van der Waals surface area (Å²) in [6, 6.07) is 13.8. The predicted molar refractivity (Wildman–Crippen MR) is 100 cm³/mol. The molecule has 1 saturated carbocycles. The molecule has 0 radical (unpaired) electrons. The molecule has 2 N–H and O–H groups in total. The Morgan fingerprint density at radius 3 is 2.46 bits per heavy atom. The minimum Gasteiger partial charge on any atom is -0.329 e. The Bertz CT molecular complexity index is 753. The molecular formula is C21H23FN2O2. The molecule has 2 aromatic carbocycles. The average Bonchev–Trinajstić information content (AvgIpc) is 2.65. The first-order valence-electron chi connectivity index (χ1n) is 8.99. The molecule has 136 valence electrons. The minimum atomic E-state index is -0.311. The van der Waals surface area contributed by atoms with Crippen molar-refractivity contribution < 1.29 is 14.0 Å². The van der Waals surface area contributed by atoms with Gasteiger partial charge in [-0.25, -0.2) is 4.39 Å². The molecule has 0 aromatic heterocycles. The van der Waals surface area contributed by atoms with E-state index >= 15 is 0 Å². The Balaban J connectivity index is 1.49. The third-order valence-electron chi connectivity index (χ3n) is 5.03. The van der Waals surface area contributed by atoms with Crippen molar-refractivity contribution in [2.75, 3.05) is 10.6 Å². The number of anilines is 2. The molecule has 0 unspecified atom stereocenters. The molecule has 2 aromatic rings. The van der Waals surface area contributed by atoms with Crippen LogP contribution in [0.25, 0.3) is 0 Å². The van der Waals surface area contributed by atoms with Gasteiger partial charge in [-0.05, 0) is 79.5 Å². The number of nitrogens with one attached hydrogen (secondary N) is 2. The average molecular weight is 354 g/mol. The highest BCUT2D eigenvalue weighted by atomic mass is 19.1. The van der Waals surface area contributed by atoms with Crippen LogP contribution in [-0.2, 0) is 9.59 Å². The van der Waals surface area contributed by atoms with E-state index in [2.05, 4.69) is 16.7 Å². The second-order valence-corrected chi connectivity index (χ2v) is 6.86. The van der Waals surface area contributed by atoms with Crippen LogP contribution in [0.4, 0.5) is 15.8 Å². The molecule has 0 saturated heterocycles. The molecular weight excluding hydrogens is 331 g/mol. The van der Waals surface area contributed by atoms with Crippen LogP contribution >= 0.6 is 0 Å². The van der Waals surface area contributed by atoms with Gasteiger partial charge in [-0.1, -0.05) is 12.1 Å². The van der Waals surface area contributed by atoms with E-state index in [0.29, 0.717) is 30.4 Å². The molecule has 1 aliphatic carbocycles. The molecule has 1 fully saturated rings. The van der Waals surface area contributed by atoms with Crippen LogP contribution in [0.5, 0.6) is 0 Å². The van der Waals surface area contributed by atoms with E-state index in [1.54, 1.807) is 12.1 Å². The zero-order valence-electron chi connectivity index (χ0n) is 14.6. The first-order valence-corrected chi connectivity index (χ1v) is 8.99. The predicted octanol–water partition coefficient (Wildman–Crippen LogP) is 4.70. The molecule has 0 atom stereocenters. The van der Waals surface area contributed by atoms with E-state index in [4.69, 9.17) is 0 Å². The summed E-state index contributed by atoms with van der Waals surface area (Å²) < 4.78 is 12.9. The van der Waals surface area contributed by atoms with Crippen LogP contribution in [0.15, 0.2) is 48.5 Å². The van der Waals surface area contributed by atoms with Gasteiger partial charge in [-0.2, -0.15) is 0 Å². The quantitative estimate of drug-likeness (QED) is 0.739. The lowest BCUT2D eigenvalue weighted by molar-refractivity contribution is -0.117. The van der Waals surface area contributed by atoms with Crippen LogP contribution in [0, 0.1) is 11.7 Å². The van der Waals surface area contributed by atoms with Gasteiger partial charge in [-0.3, -0.25) is 9.59 Å². The summed E-state index contributed by atoms with van der Waals surface area (Å²) in [4.78, 5) is 22.8. The highest BCUT2D eigenvalue weighted by molar-refractivity contribution is 5.90. The van der Waals surface area contributed by atoms with Crippen molar-refractivity contribution in [1.29, 1.82) is 0 Å². The van der Waals surface area contributed by atoms with Gasteiger partial charge in [0.05, 0.1) is 0 Å². The van der Waals surface area contributed by atoms with E-state index in [-0.39, 0.29) is 11.7 Å². The zero-order chi connectivity index (χ0) is 18.4. The SMILES string of the molecule is O=CNc1cccc(C2CCC(CC(=O)Nc3ccc(F)cc3)CC2)c1. The Kier molecular flexibility index (Phi) is 6.00. The fraction of sp³-hybridized carbons (Fsp3) is 0.333. The Morgan fingerprint density at radius 1 is 1.04 bits per heavy atom. The van der Waals surface area contributed by atoms with E-state index in [9.17, 15) is 14.0 Å². The lowest BCUT2D eigenvalue weighted by Crippen LogP contribution is -2.20. The lowest BCUT2D eigenvalue weighted by atomic mass is 9.77. The third kappa shape index (κ3) is 4.91. The first-order chi connectivity index (χ1) is 12.6. The largest absolute Gasteiger partial charge is 0.329 e. The van der Waals surface area contributed by atoms with E-state index in [1.165, 1.54) is 17.7 Å². The molecule has 3 rings (SSSR count). The molecule has 2 amide bonds. The summed E-state index contributed by atoms with van der Waals surface area (Å²) in [7, 11) is 0. The molecule has 0 spiro atoms. The maximum Gasteiger partial charge on any atom is 0.224 e. The Hall–Kier alpha value is -2.69. The van der Waals surface area contributed by atoms with Crippen LogP contribution in [0.1, 0.15) is 43.6 Å². The van der Waals surface area contributed by atoms with Crippen LogP contribution < -0.4 is 10.6 Å². The van der Waals surface area contributed by atoms with Gasteiger partial charge in [0, 0.05) is 17.8 Å². The van der Waals surface area contributed by atoms with E-state index in [1.807, 2.05) is 18.2 Å². The summed E-state index contributed by atoms with van der Waals surface area (Å²) in [5, 5.41) is 5.53. The number of carbonyl (C=O) groups excluding carboxylic acids is 2. The summed E-state index contributed by atoms with van der Waals surface area (Å²) in [5.74, 6) is 0.522. The molecule has 26 heavy (non-hydrogen) atoms. The van der Waals surface area contributed by atoms with Crippen molar-refractivity contribution in [3.05, 3.63) is 59.9 Å². The zero-order valence-corrected chi connectivity index (χ0v) is 14.6. The third-order valence-corrected chi connectivity index (χ3v) is 5.03. The summed E-state index contributed by atoms with van der Waals surface area (Å²) in [6.45, 7) is 0. The number of carbonyl (C=O) groups is 2. The number of hydrogen-bond donors (Lipinski definition) is 2. The van der Waals surface area contributed by atoms with Crippen molar-refractivity contribution in [2.45, 2.75) is 38.0 Å². The smallest absolute Gasteiger partial charge is 0.224 e. The first kappa shape index (κ1) is 18.1. The van der Waals surface area contributed by atoms with Gasteiger partial charge < -0.3 is 10.6 Å². The van der Waals surface area contributed by atoms with Gasteiger partial charge in [0.25, 0.3) is 0 Å². The van der Waals surface area contributed by atoms with Crippen LogP contribution in [-0.4, -0.2) is 12.3 Å². The minimum absolute atomic E-state index is 0.0164. The summed E-state index contributed by atoms with van der Waals surface area (Å²) in [6.07, 6.45) is 5.28. The topological polar surface area (TPSA) is 58.2 Å². The molecule has 0 aliphatic heterocycles. The van der Waals surface area contributed by atoms with Gasteiger partial charge in [0.2, 0.25) is 12.3 Å². The van der Waals surface area contributed by atoms with Crippen molar-refractivity contribution in [1.82, 2.24) is 0 Å². The number of hydrogen-bond acceptors (Lipinski definition) is 2. The molecule has 1 aliphatic rings. The Labute approximate surface area is 152 Å². The normalized spacial score (nSPS) is 19.6. The highest BCUT2D eigenvalue weighted by Gasteiger charge is 2.24. The monoisotopic (exact) mass is 354 g/mol. The molecule has 4 nitrogen and oxygen atoms in total. The number of amides is 2. The lowest BCUT2D eigenvalue weighted by Gasteiger charge is -2.28. The van der Waals surface area contributed by atoms with Crippen molar-refractivity contribution in [2.24, 2.45) is 5.92 Å². The number of rotatable bonds is 6. The second kappa shape index (κ2) is 8.61. The van der Waals surface area contributed by atoms with Crippen molar-refractivity contribution >= 4 is 23.7 Å². The van der Waals surface area contributed by atoms with Gasteiger partial charge in [0.1, 0.15) is 5.82 Å². The standard InChI is InChI=1S/C21H23FN2O2/c22-18-8-10-19(11-9-18)24-21(26)12-15-4-6-16(7-5-15)17-2-1-3-20(13-17)23-14-25/h1-3,8-11,13-16H,4-7,12H2,(H,23,25)(H,24,26). The summed E-state index contributed by atoms with van der Waals surface area (Å²) in [5.41, 5.74) is 2.69. The van der Waals surface area contributed by atoms with Crippen LogP contribution in [0.3, 0.4) is 0 Å². The van der Waals surface area contributed by atoms with Crippen molar-refractivity contribution in [3.8, 4) is 0 Å². The molecule has 5 heteroatoms. The fourth-order valence-corrected chi connectivity index (χ4v) is 3.66. The van der Waals surface area contributed by atoms with Crippen LogP contribution in [0.2, 0.25) is 0 Å².